The minimum atomic E-state index is -0.687. The summed E-state index contributed by atoms with van der Waals surface area (Å²) in [5, 5.41) is 18.7. The third kappa shape index (κ3) is 5.01. The topological polar surface area (TPSA) is 121 Å². The average molecular weight is 481 g/mol. The Morgan fingerprint density at radius 2 is 2.06 bits per heavy atom. The number of furan rings is 1. The molecule has 2 aromatic rings. The van der Waals surface area contributed by atoms with E-state index in [1.54, 1.807) is 24.3 Å². The van der Waals surface area contributed by atoms with Gasteiger partial charge in [0.2, 0.25) is 0 Å². The number of benzene rings is 1. The van der Waals surface area contributed by atoms with Crippen molar-refractivity contribution in [2.75, 3.05) is 19.8 Å². The van der Waals surface area contributed by atoms with E-state index in [1.807, 2.05) is 6.07 Å². The van der Waals surface area contributed by atoms with Crippen LogP contribution in [0.15, 0.2) is 64.1 Å². The molecule has 174 valence electrons. The van der Waals surface area contributed by atoms with E-state index in [4.69, 9.17) is 25.9 Å². The van der Waals surface area contributed by atoms with Gasteiger partial charge in [-0.05, 0) is 55.3 Å². The molecule has 1 N–H and O–H groups in total. The van der Waals surface area contributed by atoms with Gasteiger partial charge in [-0.15, -0.1) is 0 Å². The van der Waals surface area contributed by atoms with Crippen LogP contribution >= 0.6 is 11.6 Å². The number of hydrogen-bond donors (Lipinski definition) is 1. The first-order valence-corrected chi connectivity index (χ1v) is 10.7. The molecule has 2 heterocycles. The van der Waals surface area contributed by atoms with E-state index in [0.29, 0.717) is 17.1 Å². The lowest BCUT2D eigenvalue weighted by molar-refractivity contribution is -0.140. The molecule has 1 aromatic heterocycles. The number of nitriles is 1. The summed E-state index contributed by atoms with van der Waals surface area (Å²) >= 11 is 6.13. The van der Waals surface area contributed by atoms with Crippen LogP contribution in [0.4, 0.5) is 0 Å². The smallest absolute Gasteiger partial charge is 0.339 e. The van der Waals surface area contributed by atoms with Crippen LogP contribution in [-0.4, -0.2) is 47.5 Å². The number of hydrogen-bond acceptors (Lipinski definition) is 7. The van der Waals surface area contributed by atoms with Gasteiger partial charge in [-0.3, -0.25) is 14.5 Å². The number of aliphatic hydroxyl groups is 1. The van der Waals surface area contributed by atoms with Gasteiger partial charge in [0.05, 0.1) is 10.6 Å². The summed E-state index contributed by atoms with van der Waals surface area (Å²) in [6.45, 7) is 4.85. The van der Waals surface area contributed by atoms with E-state index < -0.39 is 17.8 Å². The zero-order valence-electron chi connectivity index (χ0n) is 18.3. The lowest BCUT2D eigenvalue weighted by atomic mass is 9.94. The van der Waals surface area contributed by atoms with Gasteiger partial charge in [-0.25, -0.2) is 4.79 Å². The largest absolute Gasteiger partial charge is 0.458 e. The van der Waals surface area contributed by atoms with Gasteiger partial charge in [0.15, 0.2) is 0 Å². The fourth-order valence-electron chi connectivity index (χ4n) is 3.34. The molecular weight excluding hydrogens is 460 g/mol. The second-order valence-electron chi connectivity index (χ2n) is 7.29. The number of rotatable bonds is 8. The number of carbonyl (C=O) groups is 3. The number of imide groups is 1. The lowest BCUT2D eigenvalue weighted by Gasteiger charge is -2.27. The van der Waals surface area contributed by atoms with Gasteiger partial charge in [0.25, 0.3) is 11.8 Å². The molecule has 1 aliphatic rings. The second-order valence-corrected chi connectivity index (χ2v) is 7.70. The SMILES string of the molecule is C=CCOC(=O)c1cc(-c2ccc(C=C3C(=O)N(CCCO)C(=O)C(C#N)=C3C)o2)ccc1Cl. The maximum Gasteiger partial charge on any atom is 0.339 e. The van der Waals surface area contributed by atoms with Crippen molar-refractivity contribution in [3.63, 3.8) is 0 Å². The minimum Gasteiger partial charge on any atom is -0.458 e. The van der Waals surface area contributed by atoms with Crippen molar-refractivity contribution < 1.29 is 28.6 Å². The van der Waals surface area contributed by atoms with Crippen molar-refractivity contribution in [3.8, 4) is 17.4 Å². The van der Waals surface area contributed by atoms with Crippen LogP contribution in [-0.2, 0) is 14.3 Å². The van der Waals surface area contributed by atoms with Crippen LogP contribution in [0, 0.1) is 11.3 Å². The van der Waals surface area contributed by atoms with Crippen molar-refractivity contribution in [1.29, 1.82) is 5.26 Å². The molecule has 0 saturated heterocycles. The molecule has 2 amide bonds. The number of amides is 2. The fraction of sp³-hybridized carbons (Fsp3) is 0.200. The quantitative estimate of drug-likeness (QED) is 0.263. The molecule has 3 rings (SSSR count). The van der Waals surface area contributed by atoms with Crippen molar-refractivity contribution in [2.45, 2.75) is 13.3 Å². The highest BCUT2D eigenvalue weighted by molar-refractivity contribution is 6.33. The Balaban J connectivity index is 1.96. The molecule has 8 nitrogen and oxygen atoms in total. The Hall–Kier alpha value is -3.93. The Morgan fingerprint density at radius 3 is 2.74 bits per heavy atom. The fourth-order valence-corrected chi connectivity index (χ4v) is 3.53. The van der Waals surface area contributed by atoms with Gasteiger partial charge in [0.1, 0.15) is 29.8 Å². The van der Waals surface area contributed by atoms with Crippen molar-refractivity contribution in [2.24, 2.45) is 0 Å². The van der Waals surface area contributed by atoms with E-state index in [9.17, 15) is 19.6 Å². The molecule has 0 unspecified atom stereocenters. The van der Waals surface area contributed by atoms with Crippen LogP contribution in [0.1, 0.15) is 29.5 Å². The third-order valence-electron chi connectivity index (χ3n) is 5.08. The molecule has 9 heteroatoms. The molecular formula is C25H21ClN2O6. The predicted octanol–water partition coefficient (Wildman–Crippen LogP) is 3.92. The zero-order valence-corrected chi connectivity index (χ0v) is 19.1. The molecule has 0 bridgehead atoms. The highest BCUT2D eigenvalue weighted by atomic mass is 35.5. The maximum atomic E-state index is 12.9. The van der Waals surface area contributed by atoms with Gasteiger partial charge >= 0.3 is 5.97 Å². The van der Waals surface area contributed by atoms with Gasteiger partial charge < -0.3 is 14.3 Å². The monoisotopic (exact) mass is 480 g/mol. The summed E-state index contributed by atoms with van der Waals surface area (Å²) in [7, 11) is 0. The van der Waals surface area contributed by atoms with Crippen molar-refractivity contribution >= 4 is 35.5 Å². The molecule has 0 radical (unpaired) electrons. The van der Waals surface area contributed by atoms with E-state index in [1.165, 1.54) is 25.1 Å². The molecule has 1 aromatic carbocycles. The maximum absolute atomic E-state index is 12.9. The van der Waals surface area contributed by atoms with Gasteiger partial charge in [-0.2, -0.15) is 5.26 Å². The Bertz CT molecular complexity index is 1260. The molecule has 0 aliphatic carbocycles. The molecule has 0 atom stereocenters. The molecule has 34 heavy (non-hydrogen) atoms. The van der Waals surface area contributed by atoms with Gasteiger partial charge in [-0.1, -0.05) is 24.3 Å². The third-order valence-corrected chi connectivity index (χ3v) is 5.41. The molecule has 0 fully saturated rings. The number of ether oxygens (including phenoxy) is 1. The van der Waals surface area contributed by atoms with E-state index in [2.05, 4.69) is 6.58 Å². The van der Waals surface area contributed by atoms with Crippen LogP contribution in [0.25, 0.3) is 17.4 Å². The van der Waals surface area contributed by atoms with Crippen LogP contribution < -0.4 is 0 Å². The van der Waals surface area contributed by atoms with E-state index in [-0.39, 0.29) is 53.5 Å². The highest BCUT2D eigenvalue weighted by Crippen LogP contribution is 2.31. The van der Waals surface area contributed by atoms with Gasteiger partial charge in [0, 0.05) is 24.3 Å². The van der Waals surface area contributed by atoms with Crippen LogP contribution in [0.5, 0.6) is 0 Å². The Morgan fingerprint density at radius 1 is 1.29 bits per heavy atom. The highest BCUT2D eigenvalue weighted by Gasteiger charge is 2.35. The average Bonchev–Trinajstić information content (AvgIpc) is 3.29. The van der Waals surface area contributed by atoms with Crippen LogP contribution in [0.3, 0.4) is 0 Å². The molecule has 1 aliphatic heterocycles. The summed E-state index contributed by atoms with van der Waals surface area (Å²) in [6, 6.07) is 9.87. The second kappa shape index (κ2) is 10.8. The molecule has 0 spiro atoms. The van der Waals surface area contributed by atoms with Crippen LogP contribution in [0.2, 0.25) is 5.02 Å². The Labute approximate surface area is 201 Å². The van der Waals surface area contributed by atoms with Crippen molar-refractivity contribution in [3.05, 3.63) is 76.1 Å². The number of carbonyl (C=O) groups excluding carboxylic acids is 3. The zero-order chi connectivity index (χ0) is 24.8. The summed E-state index contributed by atoms with van der Waals surface area (Å²) in [5.74, 6) is -1.16. The summed E-state index contributed by atoms with van der Waals surface area (Å²) in [4.78, 5) is 38.6. The minimum absolute atomic E-state index is 0.0110. The first-order chi connectivity index (χ1) is 16.3. The number of aliphatic hydroxyl groups excluding tert-OH is 1. The number of halogens is 1. The van der Waals surface area contributed by atoms with E-state index in [0.717, 1.165) is 4.90 Å². The summed E-state index contributed by atoms with van der Waals surface area (Å²) in [6.07, 6.45) is 3.09. The normalized spacial score (nSPS) is 15.0. The first kappa shape index (κ1) is 24.7. The van der Waals surface area contributed by atoms with E-state index >= 15 is 0 Å². The van der Waals surface area contributed by atoms with Crippen molar-refractivity contribution in [1.82, 2.24) is 4.90 Å². The molecule has 0 saturated carbocycles. The lowest BCUT2D eigenvalue weighted by Crippen LogP contribution is -2.43. The standard InChI is InChI=1S/C25H21ClN2O6/c1-3-11-33-25(32)19-12-16(5-7-21(19)26)22-8-6-17(34-22)13-18-15(2)20(14-27)24(31)28(23(18)30)9-4-10-29/h3,5-8,12-13,29H,1,4,9-11H2,2H3. The number of nitrogens with zero attached hydrogens (tertiary/aromatic N) is 2. The predicted molar refractivity (Wildman–Crippen MR) is 124 cm³/mol. The summed E-state index contributed by atoms with van der Waals surface area (Å²) in [5.41, 5.74) is 0.958. The summed E-state index contributed by atoms with van der Waals surface area (Å²) < 4.78 is 10.9. The first-order valence-electron chi connectivity index (χ1n) is 10.3. The Kier molecular flexibility index (Phi) is 7.84. The number of esters is 1.